The Morgan fingerprint density at radius 3 is 2.32 bits per heavy atom. The van der Waals surface area contributed by atoms with Gasteiger partial charge in [-0.1, -0.05) is 46.3 Å². The number of carbonyl (C=O) groups is 2. The van der Waals surface area contributed by atoms with Gasteiger partial charge in [0.05, 0.1) is 11.9 Å². The van der Waals surface area contributed by atoms with Crippen molar-refractivity contribution >= 4 is 43.5 Å². The fourth-order valence-corrected chi connectivity index (χ4v) is 4.17. The number of nitrogens with one attached hydrogen (secondary N) is 1. The molecule has 0 bridgehead atoms. The Morgan fingerprint density at radius 2 is 1.77 bits per heavy atom. The molecule has 31 heavy (non-hydrogen) atoms. The van der Waals surface area contributed by atoms with Crippen LogP contribution in [0.15, 0.2) is 53.0 Å². The van der Waals surface area contributed by atoms with Crippen molar-refractivity contribution in [1.82, 2.24) is 10.2 Å². The Bertz CT molecular complexity index is 1030. The van der Waals surface area contributed by atoms with E-state index in [0.29, 0.717) is 12.2 Å². The molecule has 0 aliphatic heterocycles. The van der Waals surface area contributed by atoms with Crippen molar-refractivity contribution in [2.75, 3.05) is 23.7 Å². The third kappa shape index (κ3) is 6.80. The Kier molecular flexibility index (Phi) is 8.64. The Balaban J connectivity index is 2.38. The summed E-state index contributed by atoms with van der Waals surface area (Å²) in [5, 5.41) is 2.73. The summed E-state index contributed by atoms with van der Waals surface area (Å²) in [7, 11) is -3.74. The van der Waals surface area contributed by atoms with Crippen molar-refractivity contribution in [3.05, 3.63) is 64.1 Å². The lowest BCUT2D eigenvalue weighted by Crippen LogP contribution is -2.51. The van der Waals surface area contributed by atoms with Crippen molar-refractivity contribution in [1.29, 1.82) is 0 Å². The van der Waals surface area contributed by atoms with Crippen molar-refractivity contribution < 1.29 is 18.0 Å². The number of halogens is 1. The maximum absolute atomic E-state index is 13.3. The first-order valence-corrected chi connectivity index (χ1v) is 12.5. The lowest BCUT2D eigenvalue weighted by atomic mass is 10.1. The molecule has 1 unspecified atom stereocenters. The summed E-state index contributed by atoms with van der Waals surface area (Å²) in [5.41, 5.74) is 2.08. The highest BCUT2D eigenvalue weighted by Crippen LogP contribution is 2.25. The van der Waals surface area contributed by atoms with Gasteiger partial charge in [0.15, 0.2) is 0 Å². The molecule has 0 saturated carbocycles. The Labute approximate surface area is 192 Å². The van der Waals surface area contributed by atoms with Gasteiger partial charge in [-0.15, -0.1) is 0 Å². The fraction of sp³-hybridized carbons (Fsp3) is 0.364. The van der Waals surface area contributed by atoms with E-state index in [1.54, 1.807) is 32.0 Å². The zero-order valence-corrected chi connectivity index (χ0v) is 20.5. The van der Waals surface area contributed by atoms with Gasteiger partial charge >= 0.3 is 0 Å². The molecule has 0 heterocycles. The zero-order valence-electron chi connectivity index (χ0n) is 18.1. The second kappa shape index (κ2) is 10.8. The van der Waals surface area contributed by atoms with E-state index in [9.17, 15) is 18.0 Å². The van der Waals surface area contributed by atoms with Gasteiger partial charge in [0.25, 0.3) is 0 Å². The number of amides is 2. The van der Waals surface area contributed by atoms with E-state index in [0.717, 1.165) is 26.2 Å². The molecule has 1 N–H and O–H groups in total. The van der Waals surface area contributed by atoms with Crippen LogP contribution in [0.5, 0.6) is 0 Å². The van der Waals surface area contributed by atoms with Crippen LogP contribution in [0.2, 0.25) is 0 Å². The smallest absolute Gasteiger partial charge is 0.244 e. The average Bonchev–Trinajstić information content (AvgIpc) is 2.72. The molecule has 0 aliphatic rings. The van der Waals surface area contributed by atoms with Crippen molar-refractivity contribution in [3.63, 3.8) is 0 Å². The molecule has 0 aromatic heterocycles. The zero-order chi connectivity index (χ0) is 23.2. The topological polar surface area (TPSA) is 86.8 Å². The normalized spacial score (nSPS) is 12.2. The number of anilines is 1. The van der Waals surface area contributed by atoms with E-state index in [2.05, 4.69) is 21.2 Å². The second-order valence-electron chi connectivity index (χ2n) is 7.28. The van der Waals surface area contributed by atoms with Gasteiger partial charge in [-0.25, -0.2) is 8.42 Å². The van der Waals surface area contributed by atoms with Crippen LogP contribution in [0, 0.1) is 6.92 Å². The highest BCUT2D eigenvalue weighted by atomic mass is 79.9. The van der Waals surface area contributed by atoms with Crippen LogP contribution in [-0.2, 0) is 26.2 Å². The first kappa shape index (κ1) is 24.9. The maximum Gasteiger partial charge on any atom is 0.244 e. The van der Waals surface area contributed by atoms with Gasteiger partial charge in [-0.2, -0.15) is 0 Å². The number of hydrogen-bond acceptors (Lipinski definition) is 4. The fourth-order valence-electron chi connectivity index (χ4n) is 3.08. The van der Waals surface area contributed by atoms with Crippen LogP contribution in [0.4, 0.5) is 5.69 Å². The lowest BCUT2D eigenvalue weighted by Gasteiger charge is -2.31. The van der Waals surface area contributed by atoms with Crippen LogP contribution in [0.3, 0.4) is 0 Å². The summed E-state index contributed by atoms with van der Waals surface area (Å²) < 4.78 is 26.9. The number of aryl methyl sites for hydroxylation is 1. The van der Waals surface area contributed by atoms with E-state index in [4.69, 9.17) is 0 Å². The Hall–Kier alpha value is -2.39. The summed E-state index contributed by atoms with van der Waals surface area (Å²) >= 11 is 3.40. The SMILES string of the molecule is CCNC(=O)C(C)N(Cc1ccccc1)C(=O)CN(c1ccc(Br)c(C)c1)S(C)(=O)=O. The van der Waals surface area contributed by atoms with E-state index >= 15 is 0 Å². The van der Waals surface area contributed by atoms with Gasteiger partial charge in [0.1, 0.15) is 12.6 Å². The molecule has 1 atom stereocenters. The number of likely N-dealkylation sites (N-methyl/N-ethyl adjacent to an activating group) is 1. The van der Waals surface area contributed by atoms with Crippen LogP contribution >= 0.6 is 15.9 Å². The number of benzene rings is 2. The molecule has 2 aromatic rings. The summed E-state index contributed by atoms with van der Waals surface area (Å²) in [5.74, 6) is -0.759. The van der Waals surface area contributed by atoms with Crippen LogP contribution < -0.4 is 9.62 Å². The molecular formula is C22H28BrN3O4S. The van der Waals surface area contributed by atoms with Gasteiger partial charge < -0.3 is 10.2 Å². The third-order valence-electron chi connectivity index (χ3n) is 4.82. The molecule has 0 saturated heterocycles. The molecule has 0 aliphatic carbocycles. The molecule has 2 rings (SSSR count). The van der Waals surface area contributed by atoms with Gasteiger partial charge in [-0.3, -0.25) is 13.9 Å². The molecule has 2 aromatic carbocycles. The summed E-state index contributed by atoms with van der Waals surface area (Å²) in [6, 6.07) is 13.6. The Morgan fingerprint density at radius 1 is 1.13 bits per heavy atom. The number of sulfonamides is 1. The minimum Gasteiger partial charge on any atom is -0.355 e. The number of carbonyl (C=O) groups excluding carboxylic acids is 2. The standard InChI is InChI=1S/C22H28BrN3O4S/c1-5-24-22(28)17(3)25(14-18-9-7-6-8-10-18)21(27)15-26(31(4,29)30)19-11-12-20(23)16(2)13-19/h6-13,17H,5,14-15H2,1-4H3,(H,24,28). The largest absolute Gasteiger partial charge is 0.355 e. The molecule has 0 fully saturated rings. The first-order chi connectivity index (χ1) is 14.5. The van der Waals surface area contributed by atoms with Crippen molar-refractivity contribution in [2.24, 2.45) is 0 Å². The lowest BCUT2D eigenvalue weighted by molar-refractivity contribution is -0.139. The molecule has 168 valence electrons. The van der Waals surface area contributed by atoms with Crippen molar-refractivity contribution in [3.8, 4) is 0 Å². The highest BCUT2D eigenvalue weighted by Gasteiger charge is 2.29. The maximum atomic E-state index is 13.3. The highest BCUT2D eigenvalue weighted by molar-refractivity contribution is 9.10. The second-order valence-corrected chi connectivity index (χ2v) is 10.0. The number of nitrogens with zero attached hydrogens (tertiary/aromatic N) is 2. The number of rotatable bonds is 9. The minimum absolute atomic E-state index is 0.189. The van der Waals surface area contributed by atoms with Crippen LogP contribution in [0.25, 0.3) is 0 Å². The van der Waals surface area contributed by atoms with Crippen LogP contribution in [-0.4, -0.2) is 50.5 Å². The molecule has 0 radical (unpaired) electrons. The van der Waals surface area contributed by atoms with Crippen molar-refractivity contribution in [2.45, 2.75) is 33.4 Å². The summed E-state index contributed by atoms with van der Waals surface area (Å²) in [4.78, 5) is 27.2. The quantitative estimate of drug-likeness (QED) is 0.562. The molecule has 2 amide bonds. The predicted octanol–water partition coefficient (Wildman–Crippen LogP) is 3.08. The number of hydrogen-bond donors (Lipinski definition) is 1. The molecule has 9 heteroatoms. The molecule has 7 nitrogen and oxygen atoms in total. The van der Waals surface area contributed by atoms with E-state index < -0.39 is 28.5 Å². The van der Waals surface area contributed by atoms with E-state index in [-0.39, 0.29) is 12.5 Å². The first-order valence-electron chi connectivity index (χ1n) is 9.89. The van der Waals surface area contributed by atoms with Gasteiger partial charge in [0.2, 0.25) is 21.8 Å². The van der Waals surface area contributed by atoms with E-state index in [1.165, 1.54) is 4.90 Å². The molecular weight excluding hydrogens is 482 g/mol. The summed E-state index contributed by atoms with van der Waals surface area (Å²) in [6.45, 7) is 5.50. The predicted molar refractivity (Wildman–Crippen MR) is 126 cm³/mol. The van der Waals surface area contributed by atoms with E-state index in [1.807, 2.05) is 37.3 Å². The molecule has 0 spiro atoms. The monoisotopic (exact) mass is 509 g/mol. The van der Waals surface area contributed by atoms with Gasteiger partial charge in [0, 0.05) is 17.6 Å². The minimum atomic E-state index is -3.74. The van der Waals surface area contributed by atoms with Crippen LogP contribution in [0.1, 0.15) is 25.0 Å². The third-order valence-corrected chi connectivity index (χ3v) is 6.85. The summed E-state index contributed by atoms with van der Waals surface area (Å²) in [6.07, 6.45) is 1.06. The average molecular weight is 510 g/mol. The van der Waals surface area contributed by atoms with Gasteiger partial charge in [-0.05, 0) is 50.1 Å².